The first-order chi connectivity index (χ1) is 24.4. The average molecular weight is 708 g/mol. The summed E-state index contributed by atoms with van der Waals surface area (Å²) in [6.45, 7) is 20.1. The van der Waals surface area contributed by atoms with Crippen LogP contribution >= 0.6 is 0 Å². The summed E-state index contributed by atoms with van der Waals surface area (Å²) in [5, 5.41) is 20.1. The average Bonchev–Trinajstić information content (AvgIpc) is 3.56. The van der Waals surface area contributed by atoms with E-state index in [0.717, 1.165) is 49.6 Å². The minimum atomic E-state index is -0.662. The van der Waals surface area contributed by atoms with Crippen molar-refractivity contribution in [1.82, 2.24) is 4.58 Å². The standard InChI is InChI=1S/C44H58N4O4/c1-23(2)47-33-17-13-11-15-25(33)27-19-29(31(21-35(27)47)45-41(51)43(5,6)7)37-39(49)38(40(37)50)30-20-28-26-16-12-14-18-34(26)48(24(3)4)36(28)22-32(30)46-42(52)44(8,9)10/h19-26,33-34H,11-18H2,1-10H3,(H2,45,46,49,50,51,52)/p+1. The SMILES string of the molecule is CC(C)N1c2cc(NC(=O)C(C)(C)C)c(C3=C(O)/C(=c4\cc5c(cc4NC(=O)C(C)(C)C)=[N+](C(C)C)C4CCCCC54)C3=O)cc2C2CCCCC21. The molecular weight excluding hydrogens is 649 g/mol. The predicted molar refractivity (Wildman–Crippen MR) is 210 cm³/mol. The number of ketones is 1. The summed E-state index contributed by atoms with van der Waals surface area (Å²) < 4.78 is 2.50. The van der Waals surface area contributed by atoms with Crippen molar-refractivity contribution in [2.45, 2.75) is 157 Å². The van der Waals surface area contributed by atoms with E-state index < -0.39 is 10.8 Å². The number of amides is 2. The highest BCUT2D eigenvalue weighted by Crippen LogP contribution is 2.52. The van der Waals surface area contributed by atoms with Gasteiger partial charge in [0.05, 0.1) is 28.4 Å². The molecule has 0 saturated heterocycles. The van der Waals surface area contributed by atoms with E-state index in [1.165, 1.54) is 24.0 Å². The molecule has 4 atom stereocenters. The van der Waals surface area contributed by atoms with Gasteiger partial charge in [-0.3, -0.25) is 14.4 Å². The highest BCUT2D eigenvalue weighted by Gasteiger charge is 2.46. The Hall–Kier alpha value is -3.94. The Morgan fingerprint density at radius 3 is 1.96 bits per heavy atom. The third-order valence-electron chi connectivity index (χ3n) is 12.3. The second-order valence-electron chi connectivity index (χ2n) is 18.7. The van der Waals surface area contributed by atoms with Crippen LogP contribution in [0, 0.1) is 10.8 Å². The minimum absolute atomic E-state index is 0.0831. The van der Waals surface area contributed by atoms with E-state index in [2.05, 4.69) is 59.9 Å². The molecule has 3 aliphatic carbocycles. The van der Waals surface area contributed by atoms with Crippen molar-refractivity contribution >= 4 is 45.8 Å². The molecule has 2 aliphatic heterocycles. The minimum Gasteiger partial charge on any atom is -0.506 e. The number of benzene rings is 2. The number of fused-ring (bicyclic) bond motifs is 6. The van der Waals surface area contributed by atoms with Gasteiger partial charge in [-0.15, -0.1) is 0 Å². The molecule has 278 valence electrons. The lowest BCUT2D eigenvalue weighted by molar-refractivity contribution is -0.123. The number of allylic oxidation sites excluding steroid dienone is 2. The first-order valence-corrected chi connectivity index (χ1v) is 19.8. The Kier molecular flexibility index (Phi) is 9.02. The molecule has 7 rings (SSSR count). The first-order valence-electron chi connectivity index (χ1n) is 19.8. The van der Waals surface area contributed by atoms with Crippen LogP contribution in [0.2, 0.25) is 0 Å². The van der Waals surface area contributed by atoms with Gasteiger partial charge in [-0.2, -0.15) is 0 Å². The Morgan fingerprint density at radius 1 is 0.769 bits per heavy atom. The third kappa shape index (κ3) is 5.89. The zero-order chi connectivity index (χ0) is 37.6. The van der Waals surface area contributed by atoms with Crippen LogP contribution in [0.15, 0.2) is 30.0 Å². The highest BCUT2D eigenvalue weighted by atomic mass is 16.3. The van der Waals surface area contributed by atoms with Crippen molar-refractivity contribution in [3.05, 3.63) is 57.3 Å². The number of hydrogen-bond acceptors (Lipinski definition) is 5. The van der Waals surface area contributed by atoms with E-state index in [1.54, 1.807) is 0 Å². The Bertz CT molecular complexity index is 2030. The number of carbonyl (C=O) groups is 3. The van der Waals surface area contributed by atoms with Gasteiger partial charge >= 0.3 is 0 Å². The summed E-state index contributed by atoms with van der Waals surface area (Å²) in [5.74, 6) is 0.00871. The number of aliphatic hydroxyl groups is 1. The molecule has 0 spiro atoms. The van der Waals surface area contributed by atoms with E-state index >= 15 is 0 Å². The van der Waals surface area contributed by atoms with Crippen LogP contribution in [0.4, 0.5) is 17.1 Å². The quantitative estimate of drug-likeness (QED) is 0.279. The Morgan fingerprint density at radius 2 is 1.37 bits per heavy atom. The molecule has 2 heterocycles. The van der Waals surface area contributed by atoms with Crippen molar-refractivity contribution in [3.8, 4) is 0 Å². The maximum atomic E-state index is 14.7. The van der Waals surface area contributed by atoms with Crippen LogP contribution < -0.4 is 30.7 Å². The summed E-state index contributed by atoms with van der Waals surface area (Å²) in [5.41, 5.74) is 4.28. The summed E-state index contributed by atoms with van der Waals surface area (Å²) in [7, 11) is 0. The third-order valence-corrected chi connectivity index (χ3v) is 12.3. The van der Waals surface area contributed by atoms with E-state index in [1.807, 2.05) is 53.7 Å². The molecule has 5 aliphatic rings. The number of rotatable bonds is 5. The monoisotopic (exact) mass is 707 g/mol. The van der Waals surface area contributed by atoms with Crippen molar-refractivity contribution in [2.75, 3.05) is 15.5 Å². The molecule has 2 aromatic carbocycles. The molecule has 2 fully saturated rings. The Labute approximate surface area is 309 Å². The van der Waals surface area contributed by atoms with Gasteiger partial charge in [0.15, 0.2) is 6.04 Å². The molecule has 8 heteroatoms. The van der Waals surface area contributed by atoms with Gasteiger partial charge in [0.1, 0.15) is 11.8 Å². The van der Waals surface area contributed by atoms with Gasteiger partial charge in [-0.25, -0.2) is 4.58 Å². The lowest BCUT2D eigenvalue weighted by Gasteiger charge is -2.36. The smallest absolute Gasteiger partial charge is 0.229 e. The van der Waals surface area contributed by atoms with Crippen LogP contribution in [0.5, 0.6) is 0 Å². The fourth-order valence-electron chi connectivity index (χ4n) is 9.69. The molecule has 2 saturated carbocycles. The number of nitrogens with zero attached hydrogens (tertiary/aromatic N) is 2. The summed E-state index contributed by atoms with van der Waals surface area (Å²) in [6.07, 6.45) is 9.06. The largest absolute Gasteiger partial charge is 0.506 e. The first kappa shape index (κ1) is 36.4. The Balaban J connectivity index is 1.45. The van der Waals surface area contributed by atoms with Gasteiger partial charge in [0, 0.05) is 63.4 Å². The van der Waals surface area contributed by atoms with Gasteiger partial charge in [-0.05, 0) is 77.1 Å². The zero-order valence-electron chi connectivity index (χ0n) is 33.0. The molecule has 0 aromatic heterocycles. The molecule has 0 radical (unpaired) electrons. The van der Waals surface area contributed by atoms with Gasteiger partial charge in [-0.1, -0.05) is 60.8 Å². The number of aliphatic hydroxyl groups excluding tert-OH is 1. The molecule has 52 heavy (non-hydrogen) atoms. The zero-order valence-corrected chi connectivity index (χ0v) is 33.0. The molecule has 4 unspecified atom stereocenters. The summed E-state index contributed by atoms with van der Waals surface area (Å²) >= 11 is 0. The number of hydrogen-bond donors (Lipinski definition) is 3. The second-order valence-corrected chi connectivity index (χ2v) is 18.7. The fraction of sp³-hybridized carbons (Fsp3) is 0.591. The maximum absolute atomic E-state index is 14.7. The predicted octanol–water partition coefficient (Wildman–Crippen LogP) is 7.55. The molecule has 3 N–H and O–H groups in total. The number of carbonyl (C=O) groups excluding carboxylic acids is 3. The van der Waals surface area contributed by atoms with Gasteiger partial charge in [0.25, 0.3) is 0 Å². The number of anilines is 3. The van der Waals surface area contributed by atoms with E-state index in [-0.39, 0.29) is 46.6 Å². The van der Waals surface area contributed by atoms with Crippen molar-refractivity contribution < 1.29 is 19.5 Å². The van der Waals surface area contributed by atoms with Crippen molar-refractivity contribution in [1.29, 1.82) is 0 Å². The van der Waals surface area contributed by atoms with Crippen LogP contribution in [-0.2, 0) is 14.4 Å². The molecule has 0 bridgehead atoms. The summed E-state index contributed by atoms with van der Waals surface area (Å²) in [4.78, 5) is 44.2. The maximum Gasteiger partial charge on any atom is 0.229 e. The lowest BCUT2D eigenvalue weighted by Crippen LogP contribution is -2.41. The molecule has 2 aromatic rings. The van der Waals surface area contributed by atoms with Crippen LogP contribution in [0.1, 0.15) is 149 Å². The topological polar surface area (TPSA) is 102 Å². The van der Waals surface area contributed by atoms with E-state index in [4.69, 9.17) is 0 Å². The number of Topliss-reactive ketones (excluding diaryl/α,β-unsaturated/α-hetero) is 1. The second kappa shape index (κ2) is 12.9. The fourth-order valence-corrected chi connectivity index (χ4v) is 9.69. The van der Waals surface area contributed by atoms with Crippen molar-refractivity contribution in [3.63, 3.8) is 0 Å². The normalized spacial score (nSPS) is 25.2. The number of nitrogens with one attached hydrogen (secondary N) is 2. The lowest BCUT2D eigenvalue weighted by atomic mass is 9.77. The summed E-state index contributed by atoms with van der Waals surface area (Å²) in [6, 6.07) is 9.56. The van der Waals surface area contributed by atoms with E-state index in [9.17, 15) is 19.5 Å². The van der Waals surface area contributed by atoms with E-state index in [0.29, 0.717) is 46.1 Å². The molecular formula is C44H59N4O4+. The van der Waals surface area contributed by atoms with Crippen LogP contribution in [0.25, 0.3) is 11.1 Å². The van der Waals surface area contributed by atoms with Gasteiger partial charge in [0.2, 0.25) is 23.0 Å². The van der Waals surface area contributed by atoms with Crippen molar-refractivity contribution in [2.24, 2.45) is 10.8 Å². The van der Waals surface area contributed by atoms with Crippen LogP contribution in [-0.4, -0.2) is 46.9 Å². The molecule has 8 nitrogen and oxygen atoms in total. The molecule has 2 amide bonds. The highest BCUT2D eigenvalue weighted by molar-refractivity contribution is 6.52. The van der Waals surface area contributed by atoms with Gasteiger partial charge < -0.3 is 20.6 Å². The van der Waals surface area contributed by atoms with Crippen LogP contribution in [0.3, 0.4) is 0 Å².